The molecule has 0 bridgehead atoms. The van der Waals surface area contributed by atoms with Crippen molar-refractivity contribution >= 4 is 37.5 Å². The van der Waals surface area contributed by atoms with E-state index in [4.69, 9.17) is 9.47 Å². The zero-order valence-electron chi connectivity index (χ0n) is 21.0. The number of aryl methyl sites for hydroxylation is 1. The van der Waals surface area contributed by atoms with Crippen LogP contribution in [0.2, 0.25) is 0 Å². The monoisotopic (exact) mass is 531 g/mol. The summed E-state index contributed by atoms with van der Waals surface area (Å²) in [7, 11) is -3.62. The molecule has 0 spiro atoms. The van der Waals surface area contributed by atoms with Crippen LogP contribution in [0, 0.1) is 0 Å². The van der Waals surface area contributed by atoms with Crippen LogP contribution in [0.5, 0.6) is 11.5 Å². The fraction of sp³-hybridized carbons (Fsp3) is 0.462. The molecule has 194 valence electrons. The van der Waals surface area contributed by atoms with Crippen molar-refractivity contribution in [3.05, 3.63) is 46.8 Å². The summed E-state index contributed by atoms with van der Waals surface area (Å²) in [6.07, 6.45) is 4.34. The SMILES string of the molecule is CCCCN(CCCC)S(=O)(=O)c1ccc(C(=O)N=c2sc3cc4c(cc3n2CCC)OCO4)cc1. The molecule has 0 radical (unpaired) electrons. The first-order chi connectivity index (χ1) is 17.4. The van der Waals surface area contributed by atoms with Crippen LogP contribution in [-0.4, -0.2) is 43.1 Å². The molecule has 0 fully saturated rings. The molecule has 2 heterocycles. The molecule has 0 saturated heterocycles. The second kappa shape index (κ2) is 11.6. The predicted octanol–water partition coefficient (Wildman–Crippen LogP) is 5.17. The van der Waals surface area contributed by atoms with Crippen molar-refractivity contribution in [3.63, 3.8) is 0 Å². The quantitative estimate of drug-likeness (QED) is 0.340. The van der Waals surface area contributed by atoms with E-state index in [0.29, 0.717) is 41.5 Å². The molecule has 0 saturated carbocycles. The Morgan fingerprint density at radius 1 is 1.00 bits per heavy atom. The van der Waals surface area contributed by atoms with E-state index < -0.39 is 15.9 Å². The van der Waals surface area contributed by atoms with Crippen LogP contribution in [0.3, 0.4) is 0 Å². The van der Waals surface area contributed by atoms with Crippen LogP contribution < -0.4 is 14.3 Å². The molecule has 3 aromatic rings. The largest absolute Gasteiger partial charge is 0.454 e. The summed E-state index contributed by atoms with van der Waals surface area (Å²) in [5.41, 5.74) is 1.29. The third kappa shape index (κ3) is 5.50. The molecule has 2 aromatic carbocycles. The van der Waals surface area contributed by atoms with E-state index in [1.165, 1.54) is 23.5 Å². The van der Waals surface area contributed by atoms with Crippen LogP contribution in [0.25, 0.3) is 10.2 Å². The third-order valence-corrected chi connectivity index (χ3v) is 9.04. The highest BCUT2D eigenvalue weighted by Gasteiger charge is 2.24. The Kier molecular flexibility index (Phi) is 8.48. The Bertz CT molecular complexity index is 1380. The van der Waals surface area contributed by atoms with Gasteiger partial charge in [0.2, 0.25) is 16.8 Å². The smallest absolute Gasteiger partial charge is 0.279 e. The lowest BCUT2D eigenvalue weighted by molar-refractivity contribution is 0.0997. The van der Waals surface area contributed by atoms with Gasteiger partial charge in [-0.15, -0.1) is 0 Å². The van der Waals surface area contributed by atoms with Crippen LogP contribution in [0.1, 0.15) is 63.2 Å². The number of sulfonamides is 1. The highest BCUT2D eigenvalue weighted by molar-refractivity contribution is 7.89. The maximum atomic E-state index is 13.2. The first-order valence-corrected chi connectivity index (χ1v) is 14.8. The van der Waals surface area contributed by atoms with Crippen LogP contribution in [0.4, 0.5) is 0 Å². The fourth-order valence-electron chi connectivity index (χ4n) is 4.08. The normalized spacial score (nSPS) is 13.7. The molecule has 1 aromatic heterocycles. The Labute approximate surface area is 216 Å². The van der Waals surface area contributed by atoms with E-state index in [0.717, 1.165) is 42.3 Å². The minimum atomic E-state index is -3.62. The number of hydrogen-bond acceptors (Lipinski definition) is 6. The van der Waals surface area contributed by atoms with E-state index >= 15 is 0 Å². The second-order valence-electron chi connectivity index (χ2n) is 8.76. The van der Waals surface area contributed by atoms with Gasteiger partial charge in [0.1, 0.15) is 0 Å². The lowest BCUT2D eigenvalue weighted by atomic mass is 10.2. The number of benzene rings is 2. The molecular weight excluding hydrogens is 498 g/mol. The first kappa shape index (κ1) is 26.4. The van der Waals surface area contributed by atoms with Crippen molar-refractivity contribution < 1.29 is 22.7 Å². The van der Waals surface area contributed by atoms with Crippen LogP contribution >= 0.6 is 11.3 Å². The van der Waals surface area contributed by atoms with Gasteiger partial charge in [0.25, 0.3) is 5.91 Å². The second-order valence-corrected chi connectivity index (χ2v) is 11.7. The van der Waals surface area contributed by atoms with Crippen molar-refractivity contribution in [1.29, 1.82) is 0 Å². The van der Waals surface area contributed by atoms with Gasteiger partial charge in [0, 0.05) is 37.3 Å². The van der Waals surface area contributed by atoms with Gasteiger partial charge in [-0.05, 0) is 43.5 Å². The molecule has 36 heavy (non-hydrogen) atoms. The number of thiazole rings is 1. The number of nitrogens with zero attached hydrogens (tertiary/aromatic N) is 3. The highest BCUT2D eigenvalue weighted by Crippen LogP contribution is 2.37. The van der Waals surface area contributed by atoms with Gasteiger partial charge in [0.05, 0.1) is 15.1 Å². The Hall–Kier alpha value is -2.69. The van der Waals surface area contributed by atoms with Crippen molar-refractivity contribution in [2.24, 2.45) is 4.99 Å². The topological polar surface area (TPSA) is 90.2 Å². The van der Waals surface area contributed by atoms with Crippen LogP contribution in [-0.2, 0) is 16.6 Å². The van der Waals surface area contributed by atoms with Gasteiger partial charge in [-0.3, -0.25) is 4.79 Å². The number of amides is 1. The molecule has 1 amide bonds. The van der Waals surface area contributed by atoms with Gasteiger partial charge in [0.15, 0.2) is 16.3 Å². The minimum Gasteiger partial charge on any atom is -0.454 e. The third-order valence-electron chi connectivity index (χ3n) is 6.08. The van der Waals surface area contributed by atoms with Gasteiger partial charge >= 0.3 is 0 Å². The van der Waals surface area contributed by atoms with E-state index in [1.54, 1.807) is 16.4 Å². The van der Waals surface area contributed by atoms with E-state index in [2.05, 4.69) is 11.9 Å². The number of carbonyl (C=O) groups is 1. The van der Waals surface area contributed by atoms with Gasteiger partial charge in [-0.1, -0.05) is 44.9 Å². The summed E-state index contributed by atoms with van der Waals surface area (Å²) in [5.74, 6) is 0.963. The first-order valence-electron chi connectivity index (χ1n) is 12.5. The summed E-state index contributed by atoms with van der Waals surface area (Å²) in [5, 5.41) is 0. The number of hydrogen-bond donors (Lipinski definition) is 0. The van der Waals surface area contributed by atoms with E-state index in [-0.39, 0.29) is 11.7 Å². The molecule has 0 aliphatic carbocycles. The predicted molar refractivity (Wildman–Crippen MR) is 141 cm³/mol. The van der Waals surface area contributed by atoms with E-state index in [1.807, 2.05) is 30.5 Å². The molecular formula is C26H33N3O5S2. The molecule has 0 N–H and O–H groups in total. The number of carbonyl (C=O) groups excluding carboxylic acids is 1. The number of ether oxygens (including phenoxy) is 2. The Balaban J connectivity index is 1.62. The summed E-state index contributed by atoms with van der Waals surface area (Å²) in [4.78, 5) is 18.2. The molecule has 4 rings (SSSR count). The average molecular weight is 532 g/mol. The summed E-state index contributed by atoms with van der Waals surface area (Å²) >= 11 is 1.42. The van der Waals surface area contributed by atoms with Crippen molar-refractivity contribution in [2.75, 3.05) is 19.9 Å². The van der Waals surface area contributed by atoms with Crippen molar-refractivity contribution in [3.8, 4) is 11.5 Å². The summed E-state index contributed by atoms with van der Waals surface area (Å²) < 4.78 is 42.0. The summed E-state index contributed by atoms with van der Waals surface area (Å²) in [6, 6.07) is 9.95. The molecule has 8 nitrogen and oxygen atoms in total. The van der Waals surface area contributed by atoms with E-state index in [9.17, 15) is 13.2 Å². The molecule has 10 heteroatoms. The molecule has 1 aliphatic heterocycles. The number of unbranched alkanes of at least 4 members (excludes halogenated alkanes) is 2. The maximum Gasteiger partial charge on any atom is 0.279 e. The average Bonchev–Trinajstić information content (AvgIpc) is 3.46. The Morgan fingerprint density at radius 3 is 2.25 bits per heavy atom. The lowest BCUT2D eigenvalue weighted by Gasteiger charge is -2.22. The zero-order valence-corrected chi connectivity index (χ0v) is 22.7. The number of aromatic nitrogens is 1. The van der Waals surface area contributed by atoms with Crippen molar-refractivity contribution in [2.45, 2.75) is 64.3 Å². The maximum absolute atomic E-state index is 13.2. The standard InChI is InChI=1S/C26H33N3O5S2/c1-4-7-14-28(15-8-5-2)36(31,32)20-11-9-19(10-12-20)25(30)27-26-29(13-6-3)21-16-22-23(34-18-33-22)17-24(21)35-26/h9-12,16-17H,4-8,13-15,18H2,1-3H3. The molecule has 0 atom stereocenters. The minimum absolute atomic E-state index is 0.198. The van der Waals surface area contributed by atoms with Crippen LogP contribution in [0.15, 0.2) is 46.3 Å². The van der Waals surface area contributed by atoms with Gasteiger partial charge in [-0.25, -0.2) is 8.42 Å². The summed E-state index contributed by atoms with van der Waals surface area (Å²) in [6.45, 7) is 8.06. The fourth-order valence-corrected chi connectivity index (χ4v) is 6.66. The Morgan fingerprint density at radius 2 is 1.64 bits per heavy atom. The number of rotatable bonds is 11. The zero-order chi connectivity index (χ0) is 25.7. The van der Waals surface area contributed by atoms with Gasteiger partial charge in [-0.2, -0.15) is 9.30 Å². The molecule has 1 aliphatic rings. The number of fused-ring (bicyclic) bond motifs is 2. The van der Waals surface area contributed by atoms with Crippen molar-refractivity contribution in [1.82, 2.24) is 8.87 Å². The van der Waals surface area contributed by atoms with Gasteiger partial charge < -0.3 is 14.0 Å². The molecule has 0 unspecified atom stereocenters. The highest BCUT2D eigenvalue weighted by atomic mass is 32.2. The lowest BCUT2D eigenvalue weighted by Crippen LogP contribution is -2.33.